The normalized spacial score (nSPS) is 16.6. The number of hydrogen-bond acceptors (Lipinski definition) is 6. The quantitative estimate of drug-likeness (QED) is 0.237. The first kappa shape index (κ1) is 23.6. The minimum atomic E-state index is -2.96. The summed E-state index contributed by atoms with van der Waals surface area (Å²) in [5, 5.41) is 11.0. The van der Waals surface area contributed by atoms with Crippen molar-refractivity contribution < 1.29 is 22.7 Å². The molecule has 7 nitrogen and oxygen atoms in total. The second kappa shape index (κ2) is 10.5. The van der Waals surface area contributed by atoms with Gasteiger partial charge in [-0.3, -0.25) is 15.9 Å². The van der Waals surface area contributed by atoms with E-state index in [2.05, 4.69) is 10.1 Å². The molecule has 1 saturated heterocycles. The van der Waals surface area contributed by atoms with Gasteiger partial charge in [0.1, 0.15) is 5.82 Å². The van der Waals surface area contributed by atoms with Crippen molar-refractivity contribution in [1.29, 1.82) is 5.41 Å². The first-order valence-electron chi connectivity index (χ1n) is 10.1. The number of hydrogen-bond donors (Lipinski definition) is 3. The molecule has 2 aromatic carbocycles. The Labute approximate surface area is 184 Å². The van der Waals surface area contributed by atoms with Crippen molar-refractivity contribution in [1.82, 2.24) is 5.32 Å². The summed E-state index contributed by atoms with van der Waals surface area (Å²) < 4.78 is 44.4. The molecule has 0 aliphatic carbocycles. The number of halogens is 3. The molecule has 0 bridgehead atoms. The van der Waals surface area contributed by atoms with E-state index in [1.54, 1.807) is 11.9 Å². The SMILES string of the molecule is CN(Cc1ccc(C(=N)OC(N)C(F)F)cc1F)c1ccccc1N(C=O)C1CCNC1. The van der Waals surface area contributed by atoms with E-state index in [9.17, 15) is 18.0 Å². The van der Waals surface area contributed by atoms with E-state index in [0.29, 0.717) is 12.1 Å². The number of carbonyl (C=O) groups is 1. The third-order valence-electron chi connectivity index (χ3n) is 5.34. The molecule has 0 saturated carbocycles. The number of nitrogens with zero attached hydrogens (tertiary/aromatic N) is 2. The van der Waals surface area contributed by atoms with E-state index in [1.807, 2.05) is 29.2 Å². The molecule has 2 unspecified atom stereocenters. The molecule has 1 heterocycles. The van der Waals surface area contributed by atoms with E-state index in [1.165, 1.54) is 12.1 Å². The van der Waals surface area contributed by atoms with Crippen molar-refractivity contribution in [2.45, 2.75) is 31.7 Å². The van der Waals surface area contributed by atoms with E-state index in [0.717, 1.165) is 36.8 Å². The molecule has 10 heteroatoms. The summed E-state index contributed by atoms with van der Waals surface area (Å²) in [5.41, 5.74) is 6.93. The van der Waals surface area contributed by atoms with Crippen molar-refractivity contribution in [3.05, 3.63) is 59.4 Å². The van der Waals surface area contributed by atoms with Crippen molar-refractivity contribution in [2.24, 2.45) is 5.73 Å². The molecule has 32 heavy (non-hydrogen) atoms. The molecule has 1 amide bonds. The summed E-state index contributed by atoms with van der Waals surface area (Å²) >= 11 is 0. The average molecular weight is 449 g/mol. The molecular formula is C22H26F3N5O2. The van der Waals surface area contributed by atoms with Gasteiger partial charge in [0.2, 0.25) is 18.5 Å². The van der Waals surface area contributed by atoms with Gasteiger partial charge >= 0.3 is 0 Å². The van der Waals surface area contributed by atoms with Crippen LogP contribution in [0, 0.1) is 11.2 Å². The molecule has 172 valence electrons. The maximum Gasteiger partial charge on any atom is 0.288 e. The summed E-state index contributed by atoms with van der Waals surface area (Å²) in [6, 6.07) is 11.4. The molecule has 0 aromatic heterocycles. The number of benzene rings is 2. The van der Waals surface area contributed by atoms with Gasteiger partial charge in [-0.2, -0.15) is 0 Å². The first-order valence-corrected chi connectivity index (χ1v) is 10.1. The highest BCUT2D eigenvalue weighted by Crippen LogP contribution is 2.31. The van der Waals surface area contributed by atoms with Crippen LogP contribution < -0.4 is 20.9 Å². The fraction of sp³-hybridized carbons (Fsp3) is 0.364. The summed E-state index contributed by atoms with van der Waals surface area (Å²) in [7, 11) is 1.79. The Morgan fingerprint density at radius 1 is 1.31 bits per heavy atom. The highest BCUT2D eigenvalue weighted by Gasteiger charge is 2.25. The van der Waals surface area contributed by atoms with Crippen LogP contribution in [0.2, 0.25) is 0 Å². The van der Waals surface area contributed by atoms with Gasteiger partial charge < -0.3 is 19.9 Å². The lowest BCUT2D eigenvalue weighted by Crippen LogP contribution is -2.36. The van der Waals surface area contributed by atoms with Crippen molar-refractivity contribution in [3.8, 4) is 0 Å². The summed E-state index contributed by atoms with van der Waals surface area (Å²) in [6.45, 7) is 1.73. The van der Waals surface area contributed by atoms with Gasteiger partial charge in [-0.1, -0.05) is 18.2 Å². The Kier molecular flexibility index (Phi) is 7.70. The van der Waals surface area contributed by atoms with Gasteiger partial charge in [-0.05, 0) is 37.2 Å². The van der Waals surface area contributed by atoms with Crippen LogP contribution in [0.1, 0.15) is 17.5 Å². The molecule has 4 N–H and O–H groups in total. The van der Waals surface area contributed by atoms with E-state index < -0.39 is 24.4 Å². The Hall–Kier alpha value is -3.11. The van der Waals surface area contributed by atoms with Crippen LogP contribution >= 0.6 is 0 Å². The lowest BCUT2D eigenvalue weighted by Gasteiger charge is -2.30. The number of anilines is 2. The van der Waals surface area contributed by atoms with Gasteiger partial charge in [0, 0.05) is 31.3 Å². The number of nitrogens with one attached hydrogen (secondary N) is 2. The zero-order valence-electron chi connectivity index (χ0n) is 17.6. The molecular weight excluding hydrogens is 423 g/mol. The fourth-order valence-corrected chi connectivity index (χ4v) is 3.63. The Morgan fingerprint density at radius 2 is 2.03 bits per heavy atom. The number of nitrogens with two attached hydrogens (primary N) is 1. The van der Waals surface area contributed by atoms with Gasteiger partial charge in [-0.25, -0.2) is 13.2 Å². The zero-order chi connectivity index (χ0) is 23.3. The zero-order valence-corrected chi connectivity index (χ0v) is 17.6. The number of amides is 1. The molecule has 1 fully saturated rings. The van der Waals surface area contributed by atoms with Crippen LogP contribution in [-0.4, -0.2) is 51.1 Å². The highest BCUT2D eigenvalue weighted by molar-refractivity contribution is 5.91. The predicted molar refractivity (Wildman–Crippen MR) is 117 cm³/mol. The van der Waals surface area contributed by atoms with E-state index >= 15 is 0 Å². The van der Waals surface area contributed by atoms with Crippen LogP contribution in [0.15, 0.2) is 42.5 Å². The Morgan fingerprint density at radius 3 is 2.62 bits per heavy atom. The smallest absolute Gasteiger partial charge is 0.288 e. The van der Waals surface area contributed by atoms with E-state index in [4.69, 9.17) is 11.1 Å². The maximum atomic E-state index is 14.7. The minimum absolute atomic E-state index is 0.00580. The van der Waals surface area contributed by atoms with Gasteiger partial charge in [0.05, 0.1) is 17.4 Å². The van der Waals surface area contributed by atoms with Crippen molar-refractivity contribution >= 4 is 23.7 Å². The predicted octanol–water partition coefficient (Wildman–Crippen LogP) is 2.68. The van der Waals surface area contributed by atoms with Gasteiger partial charge in [-0.15, -0.1) is 0 Å². The lowest BCUT2D eigenvalue weighted by atomic mass is 10.1. The molecule has 2 atom stereocenters. The molecule has 1 aliphatic heterocycles. The van der Waals surface area contributed by atoms with Gasteiger partial charge in [0.25, 0.3) is 6.43 Å². The molecule has 3 rings (SSSR count). The van der Waals surface area contributed by atoms with Crippen molar-refractivity contribution in [2.75, 3.05) is 29.9 Å². The third kappa shape index (κ3) is 5.38. The second-order valence-electron chi connectivity index (χ2n) is 7.56. The highest BCUT2D eigenvalue weighted by atomic mass is 19.3. The first-order chi connectivity index (χ1) is 15.3. The molecule has 2 aromatic rings. The van der Waals surface area contributed by atoms with Crippen LogP contribution in [0.4, 0.5) is 24.5 Å². The molecule has 0 radical (unpaired) electrons. The Bertz CT molecular complexity index is 953. The number of carbonyl (C=O) groups excluding carboxylic acids is 1. The van der Waals surface area contributed by atoms with Crippen molar-refractivity contribution in [3.63, 3.8) is 0 Å². The summed E-state index contributed by atoms with van der Waals surface area (Å²) in [5.74, 6) is -1.24. The third-order valence-corrected chi connectivity index (χ3v) is 5.34. The van der Waals surface area contributed by atoms with E-state index in [-0.39, 0.29) is 18.2 Å². The minimum Gasteiger partial charge on any atom is -0.453 e. The Balaban J connectivity index is 1.77. The molecule has 1 aliphatic rings. The van der Waals surface area contributed by atoms with Crippen LogP contribution in [0.25, 0.3) is 0 Å². The summed E-state index contributed by atoms with van der Waals surface area (Å²) in [6.07, 6.45) is -3.26. The van der Waals surface area contributed by atoms with Gasteiger partial charge in [0.15, 0.2) is 0 Å². The van der Waals surface area contributed by atoms with Crippen LogP contribution in [0.3, 0.4) is 0 Å². The molecule has 0 spiro atoms. The summed E-state index contributed by atoms with van der Waals surface area (Å²) in [4.78, 5) is 15.3. The number of para-hydroxylation sites is 2. The second-order valence-corrected chi connectivity index (χ2v) is 7.56. The number of rotatable bonds is 9. The van der Waals surface area contributed by atoms with Crippen LogP contribution in [-0.2, 0) is 16.1 Å². The number of alkyl halides is 2. The topological polar surface area (TPSA) is 94.7 Å². The van der Waals surface area contributed by atoms with Crippen LogP contribution in [0.5, 0.6) is 0 Å². The number of ether oxygens (including phenoxy) is 1. The fourth-order valence-electron chi connectivity index (χ4n) is 3.63. The lowest BCUT2D eigenvalue weighted by molar-refractivity contribution is -0.107. The largest absolute Gasteiger partial charge is 0.453 e. The maximum absolute atomic E-state index is 14.7. The monoisotopic (exact) mass is 449 g/mol. The average Bonchev–Trinajstić information content (AvgIpc) is 3.30. The standard InChI is InChI=1S/C22H26F3N5O2/c1-29(18-4-2-3-5-19(18)30(13-31)16-8-9-28-11-16)12-15-7-6-14(10-17(15)23)21(26)32-22(27)20(24)25/h2-7,10,13,16,20,22,26,28H,8-9,11-12,27H2,1H3.